The molecule has 0 aliphatic rings. The van der Waals surface area contributed by atoms with Crippen LogP contribution in [0.4, 0.5) is 0 Å². The molecule has 0 aliphatic heterocycles. The van der Waals surface area contributed by atoms with Gasteiger partial charge < -0.3 is 4.57 Å². The molecule has 6 aromatic carbocycles. The zero-order valence-electron chi connectivity index (χ0n) is 20.4. The molecule has 0 N–H and O–H groups in total. The quantitative estimate of drug-likeness (QED) is 0.241. The van der Waals surface area contributed by atoms with E-state index in [0.29, 0.717) is 0 Å². The van der Waals surface area contributed by atoms with Crippen LogP contribution in [0.15, 0.2) is 152 Å². The third-order valence-electron chi connectivity index (χ3n) is 7.25. The summed E-state index contributed by atoms with van der Waals surface area (Å²) < 4.78 is 2.37. The van der Waals surface area contributed by atoms with Crippen LogP contribution >= 0.6 is 0 Å². The monoisotopic (exact) mass is 471 g/mol. The topological polar surface area (TPSA) is 4.93 Å². The van der Waals surface area contributed by atoms with Crippen LogP contribution in [0.5, 0.6) is 0 Å². The molecule has 0 unspecified atom stereocenters. The molecule has 0 saturated heterocycles. The molecule has 0 amide bonds. The summed E-state index contributed by atoms with van der Waals surface area (Å²) in [6, 6.07) is 54.4. The standard InChI is InChI=1S/C36H25N/c1-2-12-26(13-3-1)29-14-4-6-16-31(29)32-17-7-5-15-30(32)27-22-24-28(25-23-27)37-35-20-10-8-18-33(35)34-19-9-11-21-36(34)37/h1-25H. The Kier molecular flexibility index (Phi) is 5.19. The maximum atomic E-state index is 2.37. The van der Waals surface area contributed by atoms with E-state index in [4.69, 9.17) is 0 Å². The number of para-hydroxylation sites is 2. The van der Waals surface area contributed by atoms with Gasteiger partial charge in [-0.1, -0.05) is 127 Å². The number of aromatic nitrogens is 1. The van der Waals surface area contributed by atoms with Crippen LogP contribution in [0, 0.1) is 0 Å². The molecule has 0 fully saturated rings. The van der Waals surface area contributed by atoms with Gasteiger partial charge in [-0.05, 0) is 57.6 Å². The zero-order chi connectivity index (χ0) is 24.6. The molecule has 7 rings (SSSR count). The third-order valence-corrected chi connectivity index (χ3v) is 7.25. The van der Waals surface area contributed by atoms with Gasteiger partial charge in [0.25, 0.3) is 0 Å². The van der Waals surface area contributed by atoms with Gasteiger partial charge in [0.1, 0.15) is 0 Å². The van der Waals surface area contributed by atoms with Gasteiger partial charge in [0, 0.05) is 16.5 Å². The van der Waals surface area contributed by atoms with Crippen molar-refractivity contribution >= 4 is 21.8 Å². The van der Waals surface area contributed by atoms with Gasteiger partial charge in [0.15, 0.2) is 0 Å². The first kappa shape index (κ1) is 21.4. The van der Waals surface area contributed by atoms with Gasteiger partial charge in [-0.15, -0.1) is 0 Å². The summed E-state index contributed by atoms with van der Waals surface area (Å²) in [5, 5.41) is 2.56. The molecule has 37 heavy (non-hydrogen) atoms. The molecule has 0 radical (unpaired) electrons. The number of nitrogens with zero attached hydrogens (tertiary/aromatic N) is 1. The van der Waals surface area contributed by atoms with Gasteiger partial charge in [-0.2, -0.15) is 0 Å². The van der Waals surface area contributed by atoms with Gasteiger partial charge in [-0.25, -0.2) is 0 Å². The Bertz CT molecular complexity index is 1800. The van der Waals surface area contributed by atoms with Crippen molar-refractivity contribution in [1.29, 1.82) is 0 Å². The smallest absolute Gasteiger partial charge is 0.0541 e. The Balaban J connectivity index is 1.36. The molecule has 7 aromatic rings. The van der Waals surface area contributed by atoms with E-state index in [9.17, 15) is 0 Å². The molecule has 174 valence electrons. The van der Waals surface area contributed by atoms with Crippen LogP contribution in [0.1, 0.15) is 0 Å². The minimum atomic E-state index is 1.17. The van der Waals surface area contributed by atoms with Crippen LogP contribution < -0.4 is 0 Å². The average molecular weight is 472 g/mol. The molecule has 1 heterocycles. The van der Waals surface area contributed by atoms with Gasteiger partial charge >= 0.3 is 0 Å². The number of rotatable bonds is 4. The lowest BCUT2D eigenvalue weighted by atomic mass is 9.89. The predicted molar refractivity (Wildman–Crippen MR) is 157 cm³/mol. The Hall–Kier alpha value is -4.88. The molecule has 1 nitrogen and oxygen atoms in total. The van der Waals surface area contributed by atoms with Crippen molar-refractivity contribution in [1.82, 2.24) is 4.57 Å². The van der Waals surface area contributed by atoms with Crippen molar-refractivity contribution in [2.45, 2.75) is 0 Å². The van der Waals surface area contributed by atoms with Gasteiger partial charge in [0.05, 0.1) is 11.0 Å². The number of fused-ring (bicyclic) bond motifs is 3. The fourth-order valence-electron chi connectivity index (χ4n) is 5.55. The van der Waals surface area contributed by atoms with Crippen molar-refractivity contribution in [3.05, 3.63) is 152 Å². The molecule has 0 saturated carbocycles. The van der Waals surface area contributed by atoms with Gasteiger partial charge in [-0.3, -0.25) is 0 Å². The summed E-state index contributed by atoms with van der Waals surface area (Å²) in [6.45, 7) is 0. The molecule has 0 bridgehead atoms. The first-order valence-electron chi connectivity index (χ1n) is 12.7. The molecular weight excluding hydrogens is 446 g/mol. The van der Waals surface area contributed by atoms with Crippen LogP contribution in [-0.4, -0.2) is 4.57 Å². The van der Waals surface area contributed by atoms with E-state index in [-0.39, 0.29) is 0 Å². The molecular formula is C36H25N. The maximum Gasteiger partial charge on any atom is 0.0541 e. The summed E-state index contributed by atoms with van der Waals surface area (Å²) >= 11 is 0. The molecule has 0 atom stereocenters. The normalized spacial score (nSPS) is 11.2. The Morgan fingerprint density at radius 3 is 1.24 bits per heavy atom. The number of benzene rings is 6. The highest BCUT2D eigenvalue weighted by molar-refractivity contribution is 6.09. The second kappa shape index (κ2) is 8.96. The van der Waals surface area contributed by atoms with Crippen molar-refractivity contribution in [2.24, 2.45) is 0 Å². The molecule has 1 heteroatoms. The van der Waals surface area contributed by atoms with Crippen LogP contribution in [-0.2, 0) is 0 Å². The fraction of sp³-hybridized carbons (Fsp3) is 0. The Morgan fingerprint density at radius 1 is 0.297 bits per heavy atom. The maximum absolute atomic E-state index is 2.37. The average Bonchev–Trinajstić information content (AvgIpc) is 3.32. The second-order valence-electron chi connectivity index (χ2n) is 9.37. The fourth-order valence-corrected chi connectivity index (χ4v) is 5.55. The molecule has 0 aliphatic carbocycles. The molecule has 1 aromatic heterocycles. The minimum absolute atomic E-state index is 1.17. The lowest BCUT2D eigenvalue weighted by molar-refractivity contribution is 1.18. The van der Waals surface area contributed by atoms with E-state index in [0.717, 1.165) is 0 Å². The van der Waals surface area contributed by atoms with E-state index in [2.05, 4.69) is 156 Å². The minimum Gasteiger partial charge on any atom is -0.309 e. The predicted octanol–water partition coefficient (Wildman–Crippen LogP) is 9.78. The summed E-state index contributed by atoms with van der Waals surface area (Å²) in [6.07, 6.45) is 0. The number of hydrogen-bond acceptors (Lipinski definition) is 0. The first-order chi connectivity index (χ1) is 18.4. The van der Waals surface area contributed by atoms with E-state index >= 15 is 0 Å². The Labute approximate surface area is 216 Å². The SMILES string of the molecule is c1ccc(-c2ccccc2-c2ccccc2-c2ccc(-n3c4ccccc4c4ccccc43)cc2)cc1. The summed E-state index contributed by atoms with van der Waals surface area (Å²) in [5.41, 5.74) is 11.0. The zero-order valence-corrected chi connectivity index (χ0v) is 20.4. The first-order valence-corrected chi connectivity index (χ1v) is 12.7. The van der Waals surface area contributed by atoms with Crippen molar-refractivity contribution in [3.63, 3.8) is 0 Å². The number of hydrogen-bond donors (Lipinski definition) is 0. The highest BCUT2D eigenvalue weighted by atomic mass is 15.0. The van der Waals surface area contributed by atoms with E-state index < -0.39 is 0 Å². The summed E-state index contributed by atoms with van der Waals surface area (Å²) in [7, 11) is 0. The molecule has 0 spiro atoms. The van der Waals surface area contributed by atoms with Crippen molar-refractivity contribution in [3.8, 4) is 39.1 Å². The van der Waals surface area contributed by atoms with E-state index in [1.807, 2.05) is 0 Å². The lowest BCUT2D eigenvalue weighted by Gasteiger charge is -2.15. The lowest BCUT2D eigenvalue weighted by Crippen LogP contribution is -1.94. The van der Waals surface area contributed by atoms with Crippen molar-refractivity contribution in [2.75, 3.05) is 0 Å². The van der Waals surface area contributed by atoms with Gasteiger partial charge in [0.2, 0.25) is 0 Å². The van der Waals surface area contributed by atoms with Crippen LogP contribution in [0.2, 0.25) is 0 Å². The largest absolute Gasteiger partial charge is 0.309 e. The Morgan fingerprint density at radius 2 is 0.703 bits per heavy atom. The highest BCUT2D eigenvalue weighted by Crippen LogP contribution is 2.39. The highest BCUT2D eigenvalue weighted by Gasteiger charge is 2.14. The van der Waals surface area contributed by atoms with Crippen LogP contribution in [0.3, 0.4) is 0 Å². The van der Waals surface area contributed by atoms with E-state index in [1.54, 1.807) is 0 Å². The third kappa shape index (κ3) is 3.64. The second-order valence-corrected chi connectivity index (χ2v) is 9.37. The van der Waals surface area contributed by atoms with Crippen LogP contribution in [0.25, 0.3) is 60.9 Å². The summed E-state index contributed by atoms with van der Waals surface area (Å²) in [5.74, 6) is 0. The van der Waals surface area contributed by atoms with Crippen molar-refractivity contribution < 1.29 is 0 Å². The van der Waals surface area contributed by atoms with E-state index in [1.165, 1.54) is 60.9 Å². The summed E-state index contributed by atoms with van der Waals surface area (Å²) in [4.78, 5) is 0.